The Morgan fingerprint density at radius 3 is 2.40 bits per heavy atom. The first kappa shape index (κ1) is 21.5. The van der Waals surface area contributed by atoms with E-state index in [1.165, 1.54) is 31.4 Å². The number of anilines is 1. The summed E-state index contributed by atoms with van der Waals surface area (Å²) in [6.07, 6.45) is 1.95. The van der Waals surface area contributed by atoms with E-state index in [2.05, 4.69) is 20.3 Å². The molecule has 1 saturated heterocycles. The molecular formula is C21H26N4O5. The molecule has 1 aromatic carbocycles. The average molecular weight is 414 g/mol. The number of benzene rings is 1. The lowest BCUT2D eigenvalue weighted by molar-refractivity contribution is -0.136. The smallest absolute Gasteiger partial charge is 0.337 e. The molecule has 160 valence electrons. The zero-order valence-electron chi connectivity index (χ0n) is 17.1. The average Bonchev–Trinajstić information content (AvgIpc) is 3.20. The highest BCUT2D eigenvalue weighted by Crippen LogP contribution is 2.21. The SMILES string of the molecule is COC(=O)c1ccc(NC(=O)C(=O)NC[C@@H](c2cccn2C)N2CCOCC2)cc1. The third kappa shape index (κ3) is 5.25. The summed E-state index contributed by atoms with van der Waals surface area (Å²) in [6, 6.07) is 10.0. The zero-order chi connectivity index (χ0) is 21.5. The number of hydrogen-bond acceptors (Lipinski definition) is 6. The van der Waals surface area contributed by atoms with Gasteiger partial charge in [-0.2, -0.15) is 0 Å². The van der Waals surface area contributed by atoms with Crippen LogP contribution in [0, 0.1) is 0 Å². The minimum atomic E-state index is -0.770. The van der Waals surface area contributed by atoms with E-state index >= 15 is 0 Å². The number of esters is 1. The minimum absolute atomic E-state index is 0.0648. The van der Waals surface area contributed by atoms with Crippen molar-refractivity contribution in [2.24, 2.45) is 7.05 Å². The highest BCUT2D eigenvalue weighted by Gasteiger charge is 2.26. The van der Waals surface area contributed by atoms with Crippen LogP contribution in [0.5, 0.6) is 0 Å². The van der Waals surface area contributed by atoms with Crippen LogP contribution < -0.4 is 10.6 Å². The first-order chi connectivity index (χ1) is 14.5. The first-order valence-corrected chi connectivity index (χ1v) is 9.70. The van der Waals surface area contributed by atoms with Crippen LogP contribution in [0.4, 0.5) is 5.69 Å². The molecule has 2 N–H and O–H groups in total. The normalized spacial score (nSPS) is 15.3. The molecule has 0 unspecified atom stereocenters. The number of aromatic nitrogens is 1. The molecule has 2 heterocycles. The lowest BCUT2D eigenvalue weighted by Gasteiger charge is -2.34. The molecule has 0 saturated carbocycles. The second-order valence-corrected chi connectivity index (χ2v) is 6.94. The van der Waals surface area contributed by atoms with Crippen LogP contribution in [0.25, 0.3) is 0 Å². The summed E-state index contributed by atoms with van der Waals surface area (Å²) in [6.45, 7) is 3.08. The molecule has 1 aliphatic heterocycles. The van der Waals surface area contributed by atoms with E-state index in [0.29, 0.717) is 31.0 Å². The maximum atomic E-state index is 12.4. The summed E-state index contributed by atoms with van der Waals surface area (Å²) in [7, 11) is 3.25. The zero-order valence-corrected chi connectivity index (χ0v) is 17.1. The number of methoxy groups -OCH3 is 1. The maximum Gasteiger partial charge on any atom is 0.337 e. The van der Waals surface area contributed by atoms with E-state index in [9.17, 15) is 14.4 Å². The third-order valence-corrected chi connectivity index (χ3v) is 5.04. The van der Waals surface area contributed by atoms with Crippen LogP contribution >= 0.6 is 0 Å². The van der Waals surface area contributed by atoms with Gasteiger partial charge in [0.05, 0.1) is 31.9 Å². The predicted octanol–water partition coefficient (Wildman–Crippen LogP) is 0.940. The second kappa shape index (κ2) is 10.0. The summed E-state index contributed by atoms with van der Waals surface area (Å²) in [5.41, 5.74) is 1.82. The Balaban J connectivity index is 1.59. The molecule has 30 heavy (non-hydrogen) atoms. The van der Waals surface area contributed by atoms with Gasteiger partial charge in [0.1, 0.15) is 0 Å². The lowest BCUT2D eigenvalue weighted by atomic mass is 10.1. The van der Waals surface area contributed by atoms with Gasteiger partial charge in [-0.05, 0) is 36.4 Å². The topological polar surface area (TPSA) is 102 Å². The molecular weight excluding hydrogens is 388 g/mol. The van der Waals surface area contributed by atoms with Crippen molar-refractivity contribution in [2.45, 2.75) is 6.04 Å². The highest BCUT2D eigenvalue weighted by molar-refractivity contribution is 6.39. The van der Waals surface area contributed by atoms with E-state index in [-0.39, 0.29) is 6.04 Å². The van der Waals surface area contributed by atoms with Crippen molar-refractivity contribution in [3.63, 3.8) is 0 Å². The van der Waals surface area contributed by atoms with Gasteiger partial charge in [0.15, 0.2) is 0 Å². The van der Waals surface area contributed by atoms with Crippen molar-refractivity contribution in [3.8, 4) is 0 Å². The van der Waals surface area contributed by atoms with E-state index in [1.807, 2.05) is 29.9 Å². The Morgan fingerprint density at radius 2 is 1.80 bits per heavy atom. The highest BCUT2D eigenvalue weighted by atomic mass is 16.5. The second-order valence-electron chi connectivity index (χ2n) is 6.94. The molecule has 0 aliphatic carbocycles. The van der Waals surface area contributed by atoms with Crippen LogP contribution in [-0.4, -0.2) is 67.2 Å². The van der Waals surface area contributed by atoms with Crippen LogP contribution in [-0.2, 0) is 26.1 Å². The molecule has 2 aromatic rings. The van der Waals surface area contributed by atoms with Gasteiger partial charge in [-0.15, -0.1) is 0 Å². The molecule has 0 spiro atoms. The van der Waals surface area contributed by atoms with Gasteiger partial charge in [0.2, 0.25) is 0 Å². The number of ether oxygens (including phenoxy) is 2. The summed E-state index contributed by atoms with van der Waals surface area (Å²) in [5.74, 6) is -1.96. The molecule has 1 aromatic heterocycles. The number of aryl methyl sites for hydroxylation is 1. The third-order valence-electron chi connectivity index (χ3n) is 5.04. The van der Waals surface area contributed by atoms with Gasteiger partial charge in [0, 0.05) is 44.3 Å². The first-order valence-electron chi connectivity index (χ1n) is 9.70. The van der Waals surface area contributed by atoms with Gasteiger partial charge in [-0.3, -0.25) is 14.5 Å². The van der Waals surface area contributed by atoms with E-state index in [1.54, 1.807) is 0 Å². The number of hydrogen-bond donors (Lipinski definition) is 2. The van der Waals surface area contributed by atoms with Crippen molar-refractivity contribution in [1.29, 1.82) is 0 Å². The van der Waals surface area contributed by atoms with Gasteiger partial charge in [-0.25, -0.2) is 4.79 Å². The van der Waals surface area contributed by atoms with Crippen molar-refractivity contribution in [3.05, 3.63) is 53.9 Å². The van der Waals surface area contributed by atoms with Gasteiger partial charge in [-0.1, -0.05) is 0 Å². The van der Waals surface area contributed by atoms with Crippen LogP contribution in [0.2, 0.25) is 0 Å². The molecule has 9 heteroatoms. The Hall–Kier alpha value is -3.17. The number of nitrogens with one attached hydrogen (secondary N) is 2. The number of carbonyl (C=O) groups is 3. The minimum Gasteiger partial charge on any atom is -0.465 e. The van der Waals surface area contributed by atoms with Gasteiger partial charge in [0.25, 0.3) is 0 Å². The largest absolute Gasteiger partial charge is 0.465 e. The Morgan fingerprint density at radius 1 is 1.10 bits per heavy atom. The van der Waals surface area contributed by atoms with E-state index in [0.717, 1.165) is 18.8 Å². The summed E-state index contributed by atoms with van der Waals surface area (Å²) < 4.78 is 12.1. The number of rotatable bonds is 6. The van der Waals surface area contributed by atoms with E-state index in [4.69, 9.17) is 4.74 Å². The summed E-state index contributed by atoms with van der Waals surface area (Å²) in [4.78, 5) is 38.3. The Kier molecular flexibility index (Phi) is 7.21. The van der Waals surface area contributed by atoms with Crippen molar-refractivity contribution in [2.75, 3.05) is 45.3 Å². The fourth-order valence-corrected chi connectivity index (χ4v) is 3.40. The van der Waals surface area contributed by atoms with Crippen LogP contribution in [0.15, 0.2) is 42.6 Å². The Bertz CT molecular complexity index is 887. The predicted molar refractivity (Wildman–Crippen MR) is 110 cm³/mol. The van der Waals surface area contributed by atoms with Crippen LogP contribution in [0.3, 0.4) is 0 Å². The summed E-state index contributed by atoms with van der Waals surface area (Å²) in [5, 5.41) is 5.27. The molecule has 2 amide bonds. The van der Waals surface area contributed by atoms with Gasteiger partial charge >= 0.3 is 17.8 Å². The van der Waals surface area contributed by atoms with E-state index < -0.39 is 17.8 Å². The molecule has 1 aliphatic rings. The number of amides is 2. The number of carbonyl (C=O) groups excluding carboxylic acids is 3. The molecule has 0 radical (unpaired) electrons. The maximum absolute atomic E-state index is 12.4. The van der Waals surface area contributed by atoms with Crippen molar-refractivity contribution < 1.29 is 23.9 Å². The fraction of sp³-hybridized carbons (Fsp3) is 0.381. The van der Waals surface area contributed by atoms with Crippen LogP contribution in [0.1, 0.15) is 22.1 Å². The Labute approximate surface area is 174 Å². The van der Waals surface area contributed by atoms with Crippen molar-refractivity contribution >= 4 is 23.5 Å². The van der Waals surface area contributed by atoms with Crippen molar-refractivity contribution in [1.82, 2.24) is 14.8 Å². The van der Waals surface area contributed by atoms with Gasteiger partial charge < -0.3 is 24.7 Å². The molecule has 9 nitrogen and oxygen atoms in total. The fourth-order valence-electron chi connectivity index (χ4n) is 3.40. The summed E-state index contributed by atoms with van der Waals surface area (Å²) >= 11 is 0. The number of nitrogens with zero attached hydrogens (tertiary/aromatic N) is 2. The standard InChI is InChI=1S/C21H26N4O5/c1-24-9-3-4-17(24)18(25-10-12-30-13-11-25)14-22-19(26)20(27)23-16-7-5-15(6-8-16)21(28)29-2/h3-9,18H,10-14H2,1-2H3,(H,22,26)(H,23,27)/t18-/m0/s1. The number of morpholine rings is 1. The molecule has 1 atom stereocenters. The monoisotopic (exact) mass is 414 g/mol. The molecule has 0 bridgehead atoms. The quantitative estimate of drug-likeness (QED) is 0.539. The molecule has 1 fully saturated rings. The lowest BCUT2D eigenvalue weighted by Crippen LogP contribution is -2.46. The molecule has 3 rings (SSSR count).